The second kappa shape index (κ2) is 7.31. The van der Waals surface area contributed by atoms with E-state index in [1.807, 2.05) is 12.3 Å². The Morgan fingerprint density at radius 3 is 2.76 bits per heavy atom. The zero-order valence-corrected chi connectivity index (χ0v) is 17.5. The highest BCUT2D eigenvalue weighted by Crippen LogP contribution is 2.39. The van der Waals surface area contributed by atoms with Gasteiger partial charge in [0.15, 0.2) is 0 Å². The van der Waals surface area contributed by atoms with Gasteiger partial charge in [0.2, 0.25) is 0 Å². The van der Waals surface area contributed by atoms with Crippen molar-refractivity contribution in [3.05, 3.63) is 46.9 Å². The van der Waals surface area contributed by atoms with Crippen LogP contribution in [0.4, 0.5) is 0 Å². The summed E-state index contributed by atoms with van der Waals surface area (Å²) in [6.45, 7) is 0. The minimum atomic E-state index is -0.146. The SMILES string of the molecule is [NH3+]C(=S)N1[C@H]2CC[C@@H]1[C@H](NC(=O)c1ccc(-c3cncc(C4CC4)n3)cc1Cl)C2. The Hall–Kier alpha value is -2.09. The average Bonchev–Trinajstić information content (AvgIpc) is 3.40. The van der Waals surface area contributed by atoms with Crippen LogP contribution >= 0.6 is 23.8 Å². The number of benzene rings is 1. The lowest BCUT2D eigenvalue weighted by Crippen LogP contribution is -2.65. The third-order valence-electron chi connectivity index (χ3n) is 6.30. The van der Waals surface area contributed by atoms with Crippen LogP contribution < -0.4 is 11.1 Å². The first kappa shape index (κ1) is 18.9. The molecule has 2 bridgehead atoms. The molecule has 4 N–H and O–H groups in total. The summed E-state index contributed by atoms with van der Waals surface area (Å²) >= 11 is 11.8. The Morgan fingerprint density at radius 1 is 1.24 bits per heavy atom. The van der Waals surface area contributed by atoms with E-state index < -0.39 is 0 Å². The van der Waals surface area contributed by atoms with Crippen molar-refractivity contribution in [1.82, 2.24) is 20.2 Å². The Bertz CT molecular complexity index is 995. The van der Waals surface area contributed by atoms with Gasteiger partial charge in [-0.05, 0) is 44.2 Å². The van der Waals surface area contributed by atoms with Crippen molar-refractivity contribution in [1.29, 1.82) is 0 Å². The minimum absolute atomic E-state index is 0.0813. The van der Waals surface area contributed by atoms with Crippen LogP contribution in [0.3, 0.4) is 0 Å². The molecule has 2 aliphatic heterocycles. The number of thiocarbonyl (C=S) groups is 1. The molecule has 2 aromatic rings. The quantitative estimate of drug-likeness (QED) is 0.731. The highest BCUT2D eigenvalue weighted by molar-refractivity contribution is 7.79. The fraction of sp³-hybridized carbons (Fsp3) is 0.429. The van der Waals surface area contributed by atoms with Crippen LogP contribution in [0.2, 0.25) is 5.02 Å². The van der Waals surface area contributed by atoms with Crippen LogP contribution in [-0.4, -0.2) is 44.0 Å². The number of quaternary nitrogens is 1. The first-order chi connectivity index (χ1) is 14.0. The molecule has 0 spiro atoms. The third kappa shape index (κ3) is 3.52. The fourth-order valence-electron chi connectivity index (χ4n) is 4.73. The second-order valence-electron chi connectivity index (χ2n) is 8.21. The molecule has 150 valence electrons. The van der Waals surface area contributed by atoms with Gasteiger partial charge in [0.05, 0.1) is 40.3 Å². The van der Waals surface area contributed by atoms with Crippen molar-refractivity contribution in [2.24, 2.45) is 0 Å². The van der Waals surface area contributed by atoms with Gasteiger partial charge in [-0.25, -0.2) is 4.98 Å². The molecule has 0 radical (unpaired) electrons. The van der Waals surface area contributed by atoms with Crippen molar-refractivity contribution in [3.63, 3.8) is 0 Å². The monoisotopic (exact) mass is 428 g/mol. The number of carbonyl (C=O) groups is 1. The first-order valence-electron chi connectivity index (χ1n) is 10.1. The Balaban J connectivity index is 1.32. The summed E-state index contributed by atoms with van der Waals surface area (Å²) in [6.07, 6.45) is 8.99. The van der Waals surface area contributed by atoms with Crippen LogP contribution in [-0.2, 0) is 0 Å². The van der Waals surface area contributed by atoms with E-state index in [0.29, 0.717) is 27.7 Å². The molecular formula is C21H23ClN5OS+. The third-order valence-corrected chi connectivity index (χ3v) is 6.82. The highest BCUT2D eigenvalue weighted by atomic mass is 35.5. The molecule has 1 saturated carbocycles. The molecule has 1 aromatic carbocycles. The molecule has 8 heteroatoms. The van der Waals surface area contributed by atoms with Crippen molar-refractivity contribution >= 4 is 34.8 Å². The van der Waals surface area contributed by atoms with Crippen LogP contribution in [0.15, 0.2) is 30.6 Å². The van der Waals surface area contributed by atoms with Crippen LogP contribution in [0, 0.1) is 0 Å². The van der Waals surface area contributed by atoms with Gasteiger partial charge in [-0.15, -0.1) is 0 Å². The molecule has 3 fully saturated rings. The molecule has 5 rings (SSSR count). The molecule has 1 amide bonds. The summed E-state index contributed by atoms with van der Waals surface area (Å²) in [7, 11) is 0. The molecule has 6 nitrogen and oxygen atoms in total. The minimum Gasteiger partial charge on any atom is -0.347 e. The summed E-state index contributed by atoms with van der Waals surface area (Å²) in [5.74, 6) is 0.391. The van der Waals surface area contributed by atoms with Gasteiger partial charge in [0.1, 0.15) is 0 Å². The number of rotatable bonds is 4. The summed E-state index contributed by atoms with van der Waals surface area (Å²) in [4.78, 5) is 24.1. The number of hydrogen-bond donors (Lipinski definition) is 2. The van der Waals surface area contributed by atoms with Crippen molar-refractivity contribution in [2.45, 2.75) is 56.1 Å². The van der Waals surface area contributed by atoms with E-state index in [4.69, 9.17) is 28.8 Å². The van der Waals surface area contributed by atoms with Crippen molar-refractivity contribution < 1.29 is 10.5 Å². The Morgan fingerprint density at radius 2 is 2.07 bits per heavy atom. The largest absolute Gasteiger partial charge is 0.347 e. The van der Waals surface area contributed by atoms with Crippen LogP contribution in [0.25, 0.3) is 11.3 Å². The number of aromatic nitrogens is 2. The van der Waals surface area contributed by atoms with Crippen molar-refractivity contribution in [3.8, 4) is 11.3 Å². The van der Waals surface area contributed by atoms with Gasteiger partial charge >= 0.3 is 0 Å². The Labute approximate surface area is 179 Å². The topological polar surface area (TPSA) is 85.8 Å². The fourth-order valence-corrected chi connectivity index (χ4v) is 5.28. The zero-order valence-electron chi connectivity index (χ0n) is 16.0. The number of nitrogens with zero attached hydrogens (tertiary/aromatic N) is 3. The standard InChI is InChI=1S/C21H22ClN5OS/c22-15-7-12(18-10-24-9-17(25-18)11-1-2-11)3-5-14(15)20(28)26-16-8-13-4-6-19(16)27(13)21(23)29/h3,5,7,9-11,13,16,19H,1-2,4,6,8H2,(H2,23,29)(H,26,28)/p+1/t13-,16+,19+/m0/s1. The summed E-state index contributed by atoms with van der Waals surface area (Å²) in [5.41, 5.74) is 7.09. The van der Waals surface area contributed by atoms with E-state index in [1.165, 1.54) is 12.8 Å². The van der Waals surface area contributed by atoms with E-state index in [1.54, 1.807) is 18.3 Å². The van der Waals surface area contributed by atoms with E-state index in [9.17, 15) is 4.79 Å². The number of fused-ring (bicyclic) bond motifs is 2. The number of halogens is 1. The molecule has 0 unspecified atom stereocenters. The van der Waals surface area contributed by atoms with Crippen molar-refractivity contribution in [2.75, 3.05) is 0 Å². The van der Waals surface area contributed by atoms with Gasteiger partial charge in [-0.2, -0.15) is 0 Å². The smallest absolute Gasteiger partial charge is 0.268 e. The van der Waals surface area contributed by atoms with Gasteiger partial charge in [0, 0.05) is 35.9 Å². The number of hydrogen-bond acceptors (Lipinski definition) is 4. The highest BCUT2D eigenvalue weighted by Gasteiger charge is 2.48. The number of amides is 1. The maximum Gasteiger partial charge on any atom is 0.268 e. The molecule has 2 saturated heterocycles. The molecular weight excluding hydrogens is 406 g/mol. The number of carbonyl (C=O) groups excluding carboxylic acids is 1. The van der Waals surface area contributed by atoms with E-state index in [0.717, 1.165) is 36.2 Å². The lowest BCUT2D eigenvalue weighted by molar-refractivity contribution is -0.229. The maximum absolute atomic E-state index is 12.9. The predicted octanol–water partition coefficient (Wildman–Crippen LogP) is 2.54. The predicted molar refractivity (Wildman–Crippen MR) is 114 cm³/mol. The normalized spacial score (nSPS) is 25.3. The van der Waals surface area contributed by atoms with Gasteiger partial charge < -0.3 is 16.0 Å². The number of nitrogens with one attached hydrogen (secondary N) is 1. The molecule has 3 heterocycles. The van der Waals surface area contributed by atoms with E-state index in [-0.39, 0.29) is 18.0 Å². The molecule has 1 aliphatic carbocycles. The maximum atomic E-state index is 12.9. The second-order valence-corrected chi connectivity index (χ2v) is 9.09. The van der Waals surface area contributed by atoms with Gasteiger partial charge in [-0.1, -0.05) is 17.7 Å². The molecule has 3 aliphatic rings. The van der Waals surface area contributed by atoms with Crippen LogP contribution in [0.1, 0.15) is 54.1 Å². The first-order valence-corrected chi connectivity index (χ1v) is 10.9. The molecule has 29 heavy (non-hydrogen) atoms. The van der Waals surface area contributed by atoms with Gasteiger partial charge in [0.25, 0.3) is 11.0 Å². The average molecular weight is 429 g/mol. The summed E-state index contributed by atoms with van der Waals surface area (Å²) < 4.78 is 0. The van der Waals surface area contributed by atoms with Crippen LogP contribution in [0.5, 0.6) is 0 Å². The summed E-state index contributed by atoms with van der Waals surface area (Å²) in [5, 5.41) is 4.26. The van der Waals surface area contributed by atoms with E-state index in [2.05, 4.69) is 20.9 Å². The Kier molecular flexibility index (Phi) is 4.76. The van der Waals surface area contributed by atoms with E-state index >= 15 is 0 Å². The molecule has 3 atom stereocenters. The molecule has 1 aromatic heterocycles. The zero-order chi connectivity index (χ0) is 20.1. The van der Waals surface area contributed by atoms with Gasteiger partial charge in [-0.3, -0.25) is 9.78 Å². The lowest BCUT2D eigenvalue weighted by atomic mass is 9.95. The summed E-state index contributed by atoms with van der Waals surface area (Å²) in [6, 6.07) is 6.18. The lowest BCUT2D eigenvalue weighted by Gasteiger charge is -2.23.